The molecule has 0 bridgehead atoms. The predicted molar refractivity (Wildman–Crippen MR) is 157 cm³/mol. The molecule has 206 valence electrons. The van der Waals surface area contributed by atoms with Gasteiger partial charge in [-0.3, -0.25) is 4.79 Å². The summed E-state index contributed by atoms with van der Waals surface area (Å²) in [5.41, 5.74) is 3.57. The highest BCUT2D eigenvalue weighted by atomic mass is 16.6. The number of carbonyl (C=O) groups is 1. The van der Waals surface area contributed by atoms with Crippen molar-refractivity contribution in [2.45, 2.75) is 33.3 Å². The van der Waals surface area contributed by atoms with E-state index in [4.69, 9.17) is 9.47 Å². The normalized spacial score (nSPS) is 13.7. The lowest BCUT2D eigenvalue weighted by Gasteiger charge is -2.37. The summed E-state index contributed by atoms with van der Waals surface area (Å²) in [6.45, 7) is 9.50. The second-order valence-electron chi connectivity index (χ2n) is 10.9. The van der Waals surface area contributed by atoms with Gasteiger partial charge in [-0.2, -0.15) is 9.78 Å². The second kappa shape index (κ2) is 11.3. The van der Waals surface area contributed by atoms with Gasteiger partial charge in [-0.15, -0.1) is 0 Å². The third-order valence-corrected chi connectivity index (χ3v) is 6.65. The maximum absolute atomic E-state index is 13.8. The first-order valence-corrected chi connectivity index (χ1v) is 13.4. The molecule has 0 aliphatic carbocycles. The number of piperazine rings is 1. The molecular formula is C32H34N4O4. The SMILES string of the molecule is Cc1ccc(-n2ncc(N3CCN(C(=O)OC(C)(C)C)CC3)c(Oc3ccc(-c4ccccc4)cc3)c2=O)cc1. The molecule has 8 nitrogen and oxygen atoms in total. The van der Waals surface area contributed by atoms with Gasteiger partial charge < -0.3 is 19.3 Å². The minimum Gasteiger partial charge on any atom is -0.449 e. The van der Waals surface area contributed by atoms with Crippen LogP contribution in [0.2, 0.25) is 0 Å². The van der Waals surface area contributed by atoms with Crippen molar-refractivity contribution in [3.63, 3.8) is 0 Å². The van der Waals surface area contributed by atoms with Gasteiger partial charge in [0, 0.05) is 26.2 Å². The summed E-state index contributed by atoms with van der Waals surface area (Å²) < 4.78 is 13.2. The minimum absolute atomic E-state index is 0.189. The molecule has 0 saturated carbocycles. The first-order valence-electron chi connectivity index (χ1n) is 13.4. The minimum atomic E-state index is -0.560. The number of benzene rings is 3. The van der Waals surface area contributed by atoms with Crippen LogP contribution in [0.4, 0.5) is 10.5 Å². The number of hydrogen-bond acceptors (Lipinski definition) is 6. The van der Waals surface area contributed by atoms with Gasteiger partial charge in [-0.05, 0) is 63.1 Å². The Kier molecular flexibility index (Phi) is 7.60. The lowest BCUT2D eigenvalue weighted by Crippen LogP contribution is -2.50. The number of aryl methyl sites for hydroxylation is 1. The van der Waals surface area contributed by atoms with Crippen LogP contribution in [-0.4, -0.2) is 52.6 Å². The highest BCUT2D eigenvalue weighted by Crippen LogP contribution is 2.31. The van der Waals surface area contributed by atoms with Crippen molar-refractivity contribution in [1.29, 1.82) is 0 Å². The third-order valence-electron chi connectivity index (χ3n) is 6.65. The van der Waals surface area contributed by atoms with Crippen molar-refractivity contribution in [2.75, 3.05) is 31.1 Å². The highest BCUT2D eigenvalue weighted by Gasteiger charge is 2.28. The molecule has 0 spiro atoms. The maximum atomic E-state index is 13.8. The van der Waals surface area contributed by atoms with Crippen molar-refractivity contribution < 1.29 is 14.3 Å². The molecule has 0 unspecified atom stereocenters. The van der Waals surface area contributed by atoms with Crippen molar-refractivity contribution >= 4 is 11.8 Å². The second-order valence-corrected chi connectivity index (χ2v) is 10.9. The highest BCUT2D eigenvalue weighted by molar-refractivity contribution is 5.69. The fourth-order valence-corrected chi connectivity index (χ4v) is 4.54. The van der Waals surface area contributed by atoms with Gasteiger partial charge in [-0.1, -0.05) is 60.2 Å². The van der Waals surface area contributed by atoms with Gasteiger partial charge in [0.05, 0.1) is 11.9 Å². The first-order chi connectivity index (χ1) is 19.2. The van der Waals surface area contributed by atoms with E-state index in [-0.39, 0.29) is 17.4 Å². The largest absolute Gasteiger partial charge is 0.449 e. The molecule has 8 heteroatoms. The Labute approximate surface area is 234 Å². The van der Waals surface area contributed by atoms with E-state index in [1.807, 2.05) is 111 Å². The quantitative estimate of drug-likeness (QED) is 0.308. The molecule has 1 fully saturated rings. The summed E-state index contributed by atoms with van der Waals surface area (Å²) in [7, 11) is 0. The van der Waals surface area contributed by atoms with Gasteiger partial charge in [0.15, 0.2) is 0 Å². The van der Waals surface area contributed by atoms with Crippen molar-refractivity contribution in [2.24, 2.45) is 0 Å². The molecule has 5 rings (SSSR count). The van der Waals surface area contributed by atoms with E-state index in [9.17, 15) is 9.59 Å². The van der Waals surface area contributed by atoms with E-state index < -0.39 is 5.60 Å². The zero-order valence-electron chi connectivity index (χ0n) is 23.3. The number of amides is 1. The Morgan fingerprint density at radius 1 is 0.825 bits per heavy atom. The molecule has 1 saturated heterocycles. The van der Waals surface area contributed by atoms with Crippen LogP contribution in [0, 0.1) is 6.92 Å². The third kappa shape index (κ3) is 6.17. The smallest absolute Gasteiger partial charge is 0.410 e. The van der Waals surface area contributed by atoms with Crippen LogP contribution >= 0.6 is 0 Å². The van der Waals surface area contributed by atoms with Crippen molar-refractivity contribution in [3.05, 3.63) is 101 Å². The molecule has 2 heterocycles. The molecule has 1 amide bonds. The summed E-state index contributed by atoms with van der Waals surface area (Å²) in [6, 6.07) is 25.4. The van der Waals surface area contributed by atoms with Crippen molar-refractivity contribution in [1.82, 2.24) is 14.7 Å². The number of carbonyl (C=O) groups excluding carboxylic acids is 1. The molecule has 3 aromatic carbocycles. The van der Waals surface area contributed by atoms with Gasteiger partial charge >= 0.3 is 11.7 Å². The molecule has 0 N–H and O–H groups in total. The maximum Gasteiger partial charge on any atom is 0.410 e. The topological polar surface area (TPSA) is 76.9 Å². The number of nitrogens with zero attached hydrogens (tertiary/aromatic N) is 4. The predicted octanol–water partition coefficient (Wildman–Crippen LogP) is 6.06. The number of hydrogen-bond donors (Lipinski definition) is 0. The zero-order chi connectivity index (χ0) is 28.3. The molecule has 4 aromatic rings. The van der Waals surface area contributed by atoms with E-state index in [0.717, 1.165) is 16.7 Å². The van der Waals surface area contributed by atoms with E-state index in [0.29, 0.717) is 43.3 Å². The lowest BCUT2D eigenvalue weighted by molar-refractivity contribution is 0.0240. The Morgan fingerprint density at radius 2 is 1.45 bits per heavy atom. The zero-order valence-corrected chi connectivity index (χ0v) is 23.3. The molecular weight excluding hydrogens is 504 g/mol. The van der Waals surface area contributed by atoms with E-state index in [2.05, 4.69) is 5.10 Å². The average molecular weight is 539 g/mol. The Hall–Kier alpha value is -4.59. The van der Waals surface area contributed by atoms with Crippen LogP contribution in [0.15, 0.2) is 89.9 Å². The summed E-state index contributed by atoms with van der Waals surface area (Å²) in [6.07, 6.45) is 1.33. The molecule has 0 atom stereocenters. The number of rotatable bonds is 5. The molecule has 1 aliphatic rings. The van der Waals surface area contributed by atoms with E-state index in [1.54, 1.807) is 11.1 Å². The monoisotopic (exact) mass is 538 g/mol. The summed E-state index contributed by atoms with van der Waals surface area (Å²) in [5.74, 6) is 0.737. The van der Waals surface area contributed by atoms with Crippen LogP contribution in [0.5, 0.6) is 11.5 Å². The summed E-state index contributed by atoms with van der Waals surface area (Å²) in [5, 5.41) is 4.49. The molecule has 1 aliphatic heterocycles. The van der Waals surface area contributed by atoms with Gasteiger partial charge in [0.1, 0.15) is 17.0 Å². The van der Waals surface area contributed by atoms with Gasteiger partial charge in [0.25, 0.3) is 0 Å². The number of anilines is 1. The Balaban J connectivity index is 1.44. The van der Waals surface area contributed by atoms with Gasteiger partial charge in [0.2, 0.25) is 5.75 Å². The van der Waals surface area contributed by atoms with Crippen LogP contribution in [0.1, 0.15) is 26.3 Å². The van der Waals surface area contributed by atoms with E-state index in [1.165, 1.54) is 4.68 Å². The van der Waals surface area contributed by atoms with E-state index >= 15 is 0 Å². The Bertz CT molecular complexity index is 1520. The molecule has 0 radical (unpaired) electrons. The molecule has 1 aromatic heterocycles. The summed E-state index contributed by atoms with van der Waals surface area (Å²) in [4.78, 5) is 30.1. The van der Waals surface area contributed by atoms with Crippen LogP contribution in [0.25, 0.3) is 16.8 Å². The average Bonchev–Trinajstić information content (AvgIpc) is 2.95. The number of aromatic nitrogens is 2. The number of ether oxygens (including phenoxy) is 2. The summed E-state index contributed by atoms with van der Waals surface area (Å²) >= 11 is 0. The fraction of sp³-hybridized carbons (Fsp3) is 0.281. The van der Waals surface area contributed by atoms with Crippen LogP contribution in [-0.2, 0) is 4.74 Å². The molecule has 40 heavy (non-hydrogen) atoms. The van der Waals surface area contributed by atoms with Crippen LogP contribution < -0.4 is 15.2 Å². The fourth-order valence-electron chi connectivity index (χ4n) is 4.54. The van der Waals surface area contributed by atoms with Crippen molar-refractivity contribution in [3.8, 4) is 28.3 Å². The Morgan fingerprint density at radius 3 is 2.08 bits per heavy atom. The van der Waals surface area contributed by atoms with Gasteiger partial charge in [-0.25, -0.2) is 4.79 Å². The first kappa shape index (κ1) is 27.0. The lowest BCUT2D eigenvalue weighted by atomic mass is 10.1. The van der Waals surface area contributed by atoms with Crippen LogP contribution in [0.3, 0.4) is 0 Å². The standard InChI is InChI=1S/C32H34N4O4/c1-23-10-14-26(15-11-23)36-30(37)29(39-27-16-12-25(13-17-27)24-8-6-5-7-9-24)28(22-33-36)34-18-20-35(21-19-34)31(38)40-32(2,3)4/h5-17,22H,18-21H2,1-4H3.